The fraction of sp³-hybridized carbons (Fsp3) is 0.353. The van der Waals surface area contributed by atoms with Crippen molar-refractivity contribution in [2.45, 2.75) is 32.2 Å². The van der Waals surface area contributed by atoms with E-state index < -0.39 is 6.04 Å². The molecule has 2 atom stereocenters. The zero-order valence-electron chi connectivity index (χ0n) is 12.4. The van der Waals surface area contributed by atoms with E-state index >= 15 is 0 Å². The van der Waals surface area contributed by atoms with Crippen molar-refractivity contribution >= 4 is 5.91 Å². The van der Waals surface area contributed by atoms with Crippen LogP contribution in [0.25, 0.3) is 0 Å². The smallest absolute Gasteiger partial charge is 0.221 e. The van der Waals surface area contributed by atoms with Gasteiger partial charge in [-0.2, -0.15) is 0 Å². The average molecular weight is 287 g/mol. The minimum Gasteiger partial charge on any atom is -0.467 e. The van der Waals surface area contributed by atoms with Crippen molar-refractivity contribution in [1.29, 1.82) is 0 Å². The second-order valence-electron chi connectivity index (χ2n) is 5.28. The Labute approximate surface area is 124 Å². The largest absolute Gasteiger partial charge is 0.467 e. The lowest BCUT2D eigenvalue weighted by molar-refractivity contribution is -0.122. The maximum absolute atomic E-state index is 12.1. The summed E-state index contributed by atoms with van der Waals surface area (Å²) in [5, 5.41) is 12.2. The highest BCUT2D eigenvalue weighted by Gasteiger charge is 2.18. The van der Waals surface area contributed by atoms with Gasteiger partial charge in [-0.05, 0) is 36.1 Å². The molecule has 0 saturated carbocycles. The molecule has 0 spiro atoms. The zero-order valence-corrected chi connectivity index (χ0v) is 12.4. The number of furan rings is 1. The van der Waals surface area contributed by atoms with Gasteiger partial charge in [-0.1, -0.05) is 31.2 Å². The quantitative estimate of drug-likeness (QED) is 0.858. The van der Waals surface area contributed by atoms with Crippen molar-refractivity contribution in [3.05, 3.63) is 59.5 Å². The van der Waals surface area contributed by atoms with E-state index in [2.05, 4.69) is 5.32 Å². The second kappa shape index (κ2) is 7.09. The maximum atomic E-state index is 12.1. The van der Waals surface area contributed by atoms with Crippen molar-refractivity contribution in [3.63, 3.8) is 0 Å². The van der Waals surface area contributed by atoms with Crippen LogP contribution in [0.3, 0.4) is 0 Å². The molecule has 0 aliphatic carbocycles. The van der Waals surface area contributed by atoms with Crippen molar-refractivity contribution in [2.75, 3.05) is 6.61 Å². The number of rotatable bonds is 6. The van der Waals surface area contributed by atoms with Crippen LogP contribution < -0.4 is 5.32 Å². The Morgan fingerprint density at radius 2 is 2.05 bits per heavy atom. The zero-order chi connectivity index (χ0) is 15.2. The lowest BCUT2D eigenvalue weighted by Gasteiger charge is -2.17. The summed E-state index contributed by atoms with van der Waals surface area (Å²) < 4.78 is 5.22. The molecule has 0 fully saturated rings. The van der Waals surface area contributed by atoms with Crippen LogP contribution >= 0.6 is 0 Å². The van der Waals surface area contributed by atoms with Crippen molar-refractivity contribution < 1.29 is 14.3 Å². The second-order valence-corrected chi connectivity index (χ2v) is 5.28. The molecule has 1 amide bonds. The van der Waals surface area contributed by atoms with E-state index in [1.165, 1.54) is 17.4 Å². The van der Waals surface area contributed by atoms with Crippen LogP contribution in [0.2, 0.25) is 0 Å². The first kappa shape index (κ1) is 15.3. The number of carbonyl (C=O) groups is 1. The van der Waals surface area contributed by atoms with Crippen LogP contribution in [0.5, 0.6) is 0 Å². The molecule has 2 rings (SSSR count). The number of hydrogen-bond donors (Lipinski definition) is 2. The molecule has 1 aromatic carbocycles. The third kappa shape index (κ3) is 3.95. The first-order chi connectivity index (χ1) is 10.1. The van der Waals surface area contributed by atoms with Crippen LogP contribution in [0.1, 0.15) is 42.2 Å². The Bertz CT molecular complexity index is 577. The van der Waals surface area contributed by atoms with Gasteiger partial charge in [0.1, 0.15) is 11.8 Å². The molecule has 0 aliphatic heterocycles. The summed E-state index contributed by atoms with van der Waals surface area (Å²) >= 11 is 0. The van der Waals surface area contributed by atoms with E-state index in [-0.39, 0.29) is 18.4 Å². The lowest BCUT2D eigenvalue weighted by Crippen LogP contribution is -2.31. The molecule has 4 nitrogen and oxygen atoms in total. The summed E-state index contributed by atoms with van der Waals surface area (Å²) in [6.45, 7) is 3.89. The average Bonchev–Trinajstić information content (AvgIpc) is 2.99. The SMILES string of the molecule is Cc1ccccc1C(C)CC(=O)NC(CO)c1ccco1. The van der Waals surface area contributed by atoms with E-state index in [9.17, 15) is 9.90 Å². The summed E-state index contributed by atoms with van der Waals surface area (Å²) in [7, 11) is 0. The number of benzene rings is 1. The van der Waals surface area contributed by atoms with Gasteiger partial charge < -0.3 is 14.8 Å². The Balaban J connectivity index is 1.96. The summed E-state index contributed by atoms with van der Waals surface area (Å²) in [6.07, 6.45) is 1.90. The number of amides is 1. The molecular formula is C17H21NO3. The number of aliphatic hydroxyl groups excluding tert-OH is 1. The summed E-state index contributed by atoms with van der Waals surface area (Å²) in [5.41, 5.74) is 2.36. The summed E-state index contributed by atoms with van der Waals surface area (Å²) in [4.78, 5) is 12.1. The Morgan fingerprint density at radius 3 is 2.67 bits per heavy atom. The van der Waals surface area contributed by atoms with E-state index in [1.54, 1.807) is 12.1 Å². The lowest BCUT2D eigenvalue weighted by atomic mass is 9.93. The Kier molecular flexibility index (Phi) is 5.17. The minimum atomic E-state index is -0.489. The number of aryl methyl sites for hydroxylation is 1. The molecule has 2 N–H and O–H groups in total. The van der Waals surface area contributed by atoms with Gasteiger partial charge in [-0.25, -0.2) is 0 Å². The van der Waals surface area contributed by atoms with E-state index in [0.717, 1.165) is 0 Å². The van der Waals surface area contributed by atoms with Crippen molar-refractivity contribution in [2.24, 2.45) is 0 Å². The number of hydrogen-bond acceptors (Lipinski definition) is 3. The highest BCUT2D eigenvalue weighted by atomic mass is 16.3. The van der Waals surface area contributed by atoms with E-state index in [4.69, 9.17) is 4.42 Å². The van der Waals surface area contributed by atoms with Gasteiger partial charge in [-0.15, -0.1) is 0 Å². The molecule has 0 aliphatic rings. The predicted molar refractivity (Wildman–Crippen MR) is 80.9 cm³/mol. The fourth-order valence-electron chi connectivity index (χ4n) is 2.48. The number of aliphatic hydroxyl groups is 1. The molecule has 1 aromatic heterocycles. The van der Waals surface area contributed by atoms with Crippen LogP contribution in [-0.4, -0.2) is 17.6 Å². The fourth-order valence-corrected chi connectivity index (χ4v) is 2.48. The number of nitrogens with one attached hydrogen (secondary N) is 1. The normalized spacial score (nSPS) is 13.7. The van der Waals surface area contributed by atoms with Gasteiger partial charge in [-0.3, -0.25) is 4.79 Å². The van der Waals surface area contributed by atoms with Crippen LogP contribution in [0.4, 0.5) is 0 Å². The van der Waals surface area contributed by atoms with Crippen molar-refractivity contribution in [3.8, 4) is 0 Å². The van der Waals surface area contributed by atoms with Gasteiger partial charge >= 0.3 is 0 Å². The molecule has 2 aromatic rings. The summed E-state index contributed by atoms with van der Waals surface area (Å²) in [5.74, 6) is 0.595. The van der Waals surface area contributed by atoms with Gasteiger partial charge in [0.05, 0.1) is 12.9 Å². The maximum Gasteiger partial charge on any atom is 0.221 e. The van der Waals surface area contributed by atoms with Crippen molar-refractivity contribution in [1.82, 2.24) is 5.32 Å². The highest BCUT2D eigenvalue weighted by molar-refractivity contribution is 5.77. The predicted octanol–water partition coefficient (Wildman–Crippen LogP) is 2.93. The van der Waals surface area contributed by atoms with Gasteiger partial charge in [0.2, 0.25) is 5.91 Å². The van der Waals surface area contributed by atoms with Gasteiger partial charge in [0.15, 0.2) is 0 Å². The minimum absolute atomic E-state index is 0.0961. The molecule has 1 heterocycles. The monoisotopic (exact) mass is 287 g/mol. The van der Waals surface area contributed by atoms with E-state index in [1.807, 2.05) is 38.1 Å². The molecule has 0 bridgehead atoms. The molecule has 4 heteroatoms. The Morgan fingerprint density at radius 1 is 1.29 bits per heavy atom. The third-order valence-electron chi connectivity index (χ3n) is 3.62. The van der Waals surface area contributed by atoms with Gasteiger partial charge in [0, 0.05) is 6.42 Å². The summed E-state index contributed by atoms with van der Waals surface area (Å²) in [6, 6.07) is 11.1. The molecule has 112 valence electrons. The third-order valence-corrected chi connectivity index (χ3v) is 3.62. The molecular weight excluding hydrogens is 266 g/mol. The standard InChI is InChI=1S/C17H21NO3/c1-12-6-3-4-7-14(12)13(2)10-17(20)18-15(11-19)16-8-5-9-21-16/h3-9,13,15,19H,10-11H2,1-2H3,(H,18,20). The molecule has 0 radical (unpaired) electrons. The molecule has 21 heavy (non-hydrogen) atoms. The number of carbonyl (C=O) groups excluding carboxylic acids is 1. The van der Waals surface area contributed by atoms with Gasteiger partial charge in [0.25, 0.3) is 0 Å². The first-order valence-electron chi connectivity index (χ1n) is 7.11. The van der Waals surface area contributed by atoms with E-state index in [0.29, 0.717) is 12.2 Å². The first-order valence-corrected chi connectivity index (χ1v) is 7.11. The molecule has 0 saturated heterocycles. The van der Waals surface area contributed by atoms with Crippen LogP contribution in [0.15, 0.2) is 47.1 Å². The highest BCUT2D eigenvalue weighted by Crippen LogP contribution is 2.23. The Hall–Kier alpha value is -2.07. The van der Waals surface area contributed by atoms with Crippen LogP contribution in [-0.2, 0) is 4.79 Å². The topological polar surface area (TPSA) is 62.5 Å². The van der Waals surface area contributed by atoms with Crippen LogP contribution in [0, 0.1) is 6.92 Å². The molecule has 2 unspecified atom stereocenters.